The lowest BCUT2D eigenvalue weighted by Gasteiger charge is -2.16. The summed E-state index contributed by atoms with van der Waals surface area (Å²) in [5, 5.41) is 0. The van der Waals surface area contributed by atoms with Crippen molar-refractivity contribution in [3.05, 3.63) is 41.7 Å². The van der Waals surface area contributed by atoms with Crippen LogP contribution in [0.1, 0.15) is 11.1 Å². The molecule has 0 radical (unpaired) electrons. The van der Waals surface area contributed by atoms with E-state index in [4.69, 9.17) is 4.74 Å². The lowest BCUT2D eigenvalue weighted by molar-refractivity contribution is 0.233. The van der Waals surface area contributed by atoms with Crippen LogP contribution in [0.3, 0.4) is 0 Å². The van der Waals surface area contributed by atoms with Crippen molar-refractivity contribution in [2.24, 2.45) is 0 Å². The molecule has 0 saturated heterocycles. The van der Waals surface area contributed by atoms with Crippen LogP contribution in [-0.4, -0.2) is 4.43 Å². The van der Waals surface area contributed by atoms with E-state index in [0.717, 1.165) is 11.0 Å². The van der Waals surface area contributed by atoms with Gasteiger partial charge in [-0.15, -0.1) is 0 Å². The summed E-state index contributed by atoms with van der Waals surface area (Å²) in [6, 6.07) is 8.40. The highest BCUT2D eigenvalue weighted by atomic mass is 127. The lowest BCUT2D eigenvalue weighted by Crippen LogP contribution is -2.01. The first-order valence-corrected chi connectivity index (χ1v) is 5.39. The molecule has 0 atom stereocenters. The Bertz CT molecular complexity index is 317. The molecular weight excluding hydrogens is 263 g/mol. The van der Waals surface area contributed by atoms with Crippen LogP contribution in [-0.2, 0) is 11.3 Å². The maximum atomic E-state index is 5.33. The smallest absolute Gasteiger partial charge is 0.113 e. The van der Waals surface area contributed by atoms with Crippen LogP contribution in [0.25, 0.3) is 5.57 Å². The first-order chi connectivity index (χ1) is 5.92. The zero-order valence-electron chi connectivity index (χ0n) is 6.59. The molecule has 0 unspecified atom stereocenters. The third-order valence-electron chi connectivity index (χ3n) is 1.97. The van der Waals surface area contributed by atoms with Crippen molar-refractivity contribution in [1.82, 2.24) is 0 Å². The predicted octanol–water partition coefficient (Wildman–Crippen LogP) is 2.99. The van der Waals surface area contributed by atoms with Gasteiger partial charge in [0.15, 0.2) is 0 Å². The number of fused-ring (bicyclic) bond motifs is 1. The van der Waals surface area contributed by atoms with Gasteiger partial charge in [0.2, 0.25) is 0 Å². The molecule has 1 aliphatic heterocycles. The molecular formula is C10H9IO. The van der Waals surface area contributed by atoms with Crippen molar-refractivity contribution < 1.29 is 4.74 Å². The Hall–Kier alpha value is -0.510. The van der Waals surface area contributed by atoms with Gasteiger partial charge in [-0.25, -0.2) is 0 Å². The maximum Gasteiger partial charge on any atom is 0.113 e. The summed E-state index contributed by atoms with van der Waals surface area (Å²) in [5.41, 5.74) is 3.93. The largest absolute Gasteiger partial charge is 0.496 e. The van der Waals surface area contributed by atoms with E-state index in [0.29, 0.717) is 0 Å². The fourth-order valence-electron chi connectivity index (χ4n) is 1.36. The SMILES string of the molecule is ICC1=COCc2ccccc21. The van der Waals surface area contributed by atoms with Gasteiger partial charge in [-0.1, -0.05) is 46.9 Å². The van der Waals surface area contributed by atoms with Crippen molar-refractivity contribution in [3.63, 3.8) is 0 Å². The third kappa shape index (κ3) is 1.35. The highest BCUT2D eigenvalue weighted by Crippen LogP contribution is 2.25. The number of allylic oxidation sites excluding steroid dienone is 1. The van der Waals surface area contributed by atoms with E-state index < -0.39 is 0 Å². The van der Waals surface area contributed by atoms with Gasteiger partial charge in [-0.05, 0) is 11.1 Å². The Morgan fingerprint density at radius 1 is 1.33 bits per heavy atom. The fraction of sp³-hybridized carbons (Fsp3) is 0.200. The van der Waals surface area contributed by atoms with Crippen LogP contribution in [0.4, 0.5) is 0 Å². The summed E-state index contributed by atoms with van der Waals surface area (Å²) < 4.78 is 6.34. The van der Waals surface area contributed by atoms with E-state index in [1.54, 1.807) is 0 Å². The Kier molecular flexibility index (Phi) is 2.35. The Morgan fingerprint density at radius 3 is 3.00 bits per heavy atom. The Morgan fingerprint density at radius 2 is 2.17 bits per heavy atom. The van der Waals surface area contributed by atoms with Crippen molar-refractivity contribution in [3.8, 4) is 0 Å². The minimum atomic E-state index is 0.719. The topological polar surface area (TPSA) is 9.23 Å². The molecule has 2 rings (SSSR count). The normalized spacial score (nSPS) is 14.6. The number of rotatable bonds is 1. The van der Waals surface area contributed by atoms with Crippen molar-refractivity contribution >= 4 is 28.2 Å². The molecule has 1 aromatic rings. The first-order valence-electron chi connectivity index (χ1n) is 3.86. The molecule has 1 nitrogen and oxygen atoms in total. The molecule has 12 heavy (non-hydrogen) atoms. The summed E-state index contributed by atoms with van der Waals surface area (Å²) in [7, 11) is 0. The summed E-state index contributed by atoms with van der Waals surface area (Å²) >= 11 is 2.36. The van der Waals surface area contributed by atoms with Crippen LogP contribution in [0.2, 0.25) is 0 Å². The van der Waals surface area contributed by atoms with Crippen molar-refractivity contribution in [2.75, 3.05) is 4.43 Å². The van der Waals surface area contributed by atoms with E-state index in [1.807, 2.05) is 6.26 Å². The van der Waals surface area contributed by atoms with Crippen LogP contribution in [0, 0.1) is 0 Å². The Labute approximate surface area is 85.6 Å². The molecule has 1 aliphatic rings. The van der Waals surface area contributed by atoms with E-state index in [2.05, 4.69) is 46.9 Å². The zero-order chi connectivity index (χ0) is 8.39. The number of ether oxygens (including phenoxy) is 1. The van der Waals surface area contributed by atoms with Gasteiger partial charge >= 0.3 is 0 Å². The molecule has 0 spiro atoms. The number of hydrogen-bond acceptors (Lipinski definition) is 1. The highest BCUT2D eigenvalue weighted by molar-refractivity contribution is 14.1. The average molecular weight is 272 g/mol. The van der Waals surface area contributed by atoms with Gasteiger partial charge in [0.05, 0.1) is 6.26 Å². The summed E-state index contributed by atoms with van der Waals surface area (Å²) in [5.74, 6) is 0. The molecule has 2 heteroatoms. The van der Waals surface area contributed by atoms with Gasteiger partial charge in [0.25, 0.3) is 0 Å². The van der Waals surface area contributed by atoms with Crippen LogP contribution in [0.5, 0.6) is 0 Å². The van der Waals surface area contributed by atoms with E-state index in [-0.39, 0.29) is 0 Å². The number of benzene rings is 1. The average Bonchev–Trinajstić information content (AvgIpc) is 2.17. The molecule has 1 aromatic carbocycles. The molecule has 0 N–H and O–H groups in total. The van der Waals surface area contributed by atoms with Crippen molar-refractivity contribution in [1.29, 1.82) is 0 Å². The van der Waals surface area contributed by atoms with Gasteiger partial charge < -0.3 is 4.74 Å². The second-order valence-corrected chi connectivity index (χ2v) is 3.51. The molecule has 0 fully saturated rings. The quantitative estimate of drug-likeness (QED) is 0.564. The zero-order valence-corrected chi connectivity index (χ0v) is 8.74. The molecule has 62 valence electrons. The third-order valence-corrected chi connectivity index (χ3v) is 2.79. The molecule has 0 aliphatic carbocycles. The van der Waals surface area contributed by atoms with E-state index in [1.165, 1.54) is 16.7 Å². The van der Waals surface area contributed by atoms with Crippen LogP contribution in [0.15, 0.2) is 30.5 Å². The van der Waals surface area contributed by atoms with Crippen LogP contribution < -0.4 is 0 Å². The fourth-order valence-corrected chi connectivity index (χ4v) is 1.95. The molecule has 0 saturated carbocycles. The lowest BCUT2D eigenvalue weighted by atomic mass is 10.0. The first kappa shape index (κ1) is 8.10. The molecule has 0 bridgehead atoms. The van der Waals surface area contributed by atoms with Crippen molar-refractivity contribution in [2.45, 2.75) is 6.61 Å². The van der Waals surface area contributed by atoms with Crippen LogP contribution >= 0.6 is 22.6 Å². The number of alkyl halides is 1. The molecule has 1 heterocycles. The summed E-state index contributed by atoms with van der Waals surface area (Å²) in [6.45, 7) is 0.719. The molecule has 0 aromatic heterocycles. The number of hydrogen-bond donors (Lipinski definition) is 0. The number of halogens is 1. The monoisotopic (exact) mass is 272 g/mol. The van der Waals surface area contributed by atoms with Gasteiger partial charge in [-0.2, -0.15) is 0 Å². The minimum Gasteiger partial charge on any atom is -0.496 e. The van der Waals surface area contributed by atoms with E-state index >= 15 is 0 Å². The predicted molar refractivity (Wildman–Crippen MR) is 58.1 cm³/mol. The second-order valence-electron chi connectivity index (χ2n) is 2.74. The molecule has 0 amide bonds. The standard InChI is InChI=1S/C10H9IO/c11-5-9-7-12-6-8-3-1-2-4-10(8)9/h1-4,7H,5-6H2. The highest BCUT2D eigenvalue weighted by Gasteiger charge is 2.10. The summed E-state index contributed by atoms with van der Waals surface area (Å²) in [4.78, 5) is 0. The van der Waals surface area contributed by atoms with Gasteiger partial charge in [0, 0.05) is 10.0 Å². The summed E-state index contributed by atoms with van der Waals surface area (Å²) in [6.07, 6.45) is 1.87. The minimum absolute atomic E-state index is 0.719. The maximum absolute atomic E-state index is 5.33. The Balaban J connectivity index is 2.48. The second kappa shape index (κ2) is 3.47. The van der Waals surface area contributed by atoms with E-state index in [9.17, 15) is 0 Å². The van der Waals surface area contributed by atoms with Gasteiger partial charge in [-0.3, -0.25) is 0 Å². The van der Waals surface area contributed by atoms with Gasteiger partial charge in [0.1, 0.15) is 6.61 Å².